The van der Waals surface area contributed by atoms with Crippen LogP contribution in [0.2, 0.25) is 0 Å². The highest BCUT2D eigenvalue weighted by Crippen LogP contribution is 2.32. The summed E-state index contributed by atoms with van der Waals surface area (Å²) >= 11 is 0. The first-order valence-electron chi connectivity index (χ1n) is 5.57. The maximum Gasteiger partial charge on any atom is 0.310 e. The summed E-state index contributed by atoms with van der Waals surface area (Å²) in [6.45, 7) is 2.36. The normalized spacial score (nSPS) is 17.4. The third kappa shape index (κ3) is 1.99. The molecule has 1 N–H and O–H groups in total. The second-order valence-corrected chi connectivity index (χ2v) is 6.83. The summed E-state index contributed by atoms with van der Waals surface area (Å²) in [5.41, 5.74) is -1.26. The van der Waals surface area contributed by atoms with Crippen LogP contribution in [0.25, 0.3) is 0 Å². The first kappa shape index (κ1) is 13.5. The van der Waals surface area contributed by atoms with Gasteiger partial charge in [0.05, 0.1) is 17.5 Å². The van der Waals surface area contributed by atoms with Gasteiger partial charge in [0, 0.05) is 0 Å². The van der Waals surface area contributed by atoms with Gasteiger partial charge in [0.25, 0.3) is 15.9 Å². The number of benzene rings is 1. The first-order chi connectivity index (χ1) is 8.68. The van der Waals surface area contributed by atoms with Gasteiger partial charge in [0.15, 0.2) is 0 Å². The number of fused-ring (bicyclic) bond motifs is 1. The fraction of sp³-hybridized carbons (Fsp3) is 0.333. The predicted molar refractivity (Wildman–Crippen MR) is 66.1 cm³/mol. The lowest BCUT2D eigenvalue weighted by atomic mass is 9.94. The van der Waals surface area contributed by atoms with Crippen molar-refractivity contribution >= 4 is 21.9 Å². The lowest BCUT2D eigenvalue weighted by Crippen LogP contribution is -2.42. The van der Waals surface area contributed by atoms with Gasteiger partial charge < -0.3 is 5.11 Å². The van der Waals surface area contributed by atoms with Crippen LogP contribution in [0.4, 0.5) is 0 Å². The van der Waals surface area contributed by atoms with Crippen molar-refractivity contribution in [1.29, 1.82) is 0 Å². The molecule has 0 fully saturated rings. The zero-order valence-corrected chi connectivity index (χ0v) is 11.3. The SMILES string of the molecule is CC(C)(CN1C(=O)c2ccccc2S1(=O)=O)C(=O)O. The highest BCUT2D eigenvalue weighted by molar-refractivity contribution is 7.90. The summed E-state index contributed by atoms with van der Waals surface area (Å²) in [4.78, 5) is 23.1. The third-order valence-corrected chi connectivity index (χ3v) is 4.82. The van der Waals surface area contributed by atoms with E-state index in [1.165, 1.54) is 32.0 Å². The predicted octanol–water partition coefficient (Wildman–Crippen LogP) is 0.942. The number of sulfonamides is 1. The zero-order chi connectivity index (χ0) is 14.4. The molecule has 0 saturated carbocycles. The minimum Gasteiger partial charge on any atom is -0.481 e. The Hall–Kier alpha value is -1.89. The average Bonchev–Trinajstić information content (AvgIpc) is 2.51. The van der Waals surface area contributed by atoms with Gasteiger partial charge in [-0.05, 0) is 26.0 Å². The molecule has 0 saturated heterocycles. The van der Waals surface area contributed by atoms with Crippen LogP contribution in [0, 0.1) is 5.41 Å². The van der Waals surface area contributed by atoms with Gasteiger partial charge in [-0.3, -0.25) is 9.59 Å². The van der Waals surface area contributed by atoms with Crippen molar-refractivity contribution in [1.82, 2.24) is 4.31 Å². The van der Waals surface area contributed by atoms with Crippen LogP contribution < -0.4 is 0 Å². The summed E-state index contributed by atoms with van der Waals surface area (Å²) < 4.78 is 25.0. The molecule has 6 nitrogen and oxygen atoms in total. The lowest BCUT2D eigenvalue weighted by molar-refractivity contribution is -0.147. The minimum atomic E-state index is -3.94. The standard InChI is InChI=1S/C12H13NO5S/c1-12(2,11(15)16)7-13-10(14)8-5-3-4-6-9(8)19(13,17)18/h3-6H,7H2,1-2H3,(H,15,16). The van der Waals surface area contributed by atoms with E-state index >= 15 is 0 Å². The van der Waals surface area contributed by atoms with Crippen LogP contribution in [-0.2, 0) is 14.8 Å². The topological polar surface area (TPSA) is 91.8 Å². The molecule has 1 aromatic rings. The van der Waals surface area contributed by atoms with E-state index in [2.05, 4.69) is 0 Å². The summed E-state index contributed by atoms with van der Waals surface area (Å²) in [7, 11) is -3.94. The van der Waals surface area contributed by atoms with Crippen molar-refractivity contribution in [2.24, 2.45) is 5.41 Å². The number of carbonyl (C=O) groups excluding carboxylic acids is 1. The minimum absolute atomic E-state index is 0.0683. The van der Waals surface area contributed by atoms with Gasteiger partial charge >= 0.3 is 5.97 Å². The number of amides is 1. The Morgan fingerprint density at radius 2 is 1.89 bits per heavy atom. The van der Waals surface area contributed by atoms with E-state index in [0.29, 0.717) is 4.31 Å². The van der Waals surface area contributed by atoms with Crippen LogP contribution in [0.5, 0.6) is 0 Å². The molecule has 0 bridgehead atoms. The Bertz CT molecular complexity index is 662. The fourth-order valence-electron chi connectivity index (χ4n) is 1.81. The molecule has 1 aromatic carbocycles. The van der Waals surface area contributed by atoms with E-state index in [4.69, 9.17) is 5.11 Å². The first-order valence-corrected chi connectivity index (χ1v) is 7.01. The van der Waals surface area contributed by atoms with Crippen molar-refractivity contribution in [3.63, 3.8) is 0 Å². The largest absolute Gasteiger partial charge is 0.481 e. The summed E-state index contributed by atoms with van der Waals surface area (Å²) in [5, 5.41) is 9.04. The van der Waals surface area contributed by atoms with E-state index in [1.54, 1.807) is 6.07 Å². The highest BCUT2D eigenvalue weighted by atomic mass is 32.2. The van der Waals surface area contributed by atoms with E-state index in [-0.39, 0.29) is 10.5 Å². The highest BCUT2D eigenvalue weighted by Gasteiger charge is 2.44. The van der Waals surface area contributed by atoms with Crippen molar-refractivity contribution in [3.8, 4) is 0 Å². The number of hydrogen-bond donors (Lipinski definition) is 1. The Labute approximate surface area is 110 Å². The van der Waals surface area contributed by atoms with Crippen LogP contribution in [0.1, 0.15) is 24.2 Å². The number of carboxylic acid groups (broad SMARTS) is 1. The molecule has 0 unspecified atom stereocenters. The number of carboxylic acids is 1. The second-order valence-electron chi connectivity index (χ2n) is 5.00. The number of hydrogen-bond acceptors (Lipinski definition) is 4. The van der Waals surface area contributed by atoms with Crippen LogP contribution in [-0.4, -0.2) is 36.3 Å². The summed E-state index contributed by atoms with van der Waals surface area (Å²) in [6.07, 6.45) is 0. The molecular formula is C12H13NO5S. The van der Waals surface area contributed by atoms with E-state index < -0.39 is 33.9 Å². The average molecular weight is 283 g/mol. The monoisotopic (exact) mass is 283 g/mol. The van der Waals surface area contributed by atoms with E-state index in [0.717, 1.165) is 0 Å². The van der Waals surface area contributed by atoms with Gasteiger partial charge in [0.1, 0.15) is 4.90 Å². The molecule has 0 aliphatic carbocycles. The van der Waals surface area contributed by atoms with Crippen LogP contribution in [0.3, 0.4) is 0 Å². The smallest absolute Gasteiger partial charge is 0.310 e. The third-order valence-electron chi connectivity index (χ3n) is 3.03. The van der Waals surface area contributed by atoms with E-state index in [9.17, 15) is 18.0 Å². The molecule has 7 heteroatoms. The molecule has 2 rings (SSSR count). The Balaban J connectivity index is 2.47. The molecule has 1 aliphatic rings. The summed E-state index contributed by atoms with van der Waals surface area (Å²) in [5.74, 6) is -1.84. The maximum atomic E-state index is 12.2. The van der Waals surface area contributed by atoms with Gasteiger partial charge in [0.2, 0.25) is 0 Å². The number of aliphatic carboxylic acids is 1. The molecule has 0 spiro atoms. The van der Waals surface area contributed by atoms with Gasteiger partial charge in [-0.2, -0.15) is 0 Å². The molecule has 1 amide bonds. The molecule has 0 aromatic heterocycles. The molecule has 1 heterocycles. The molecule has 19 heavy (non-hydrogen) atoms. The van der Waals surface area contributed by atoms with Gasteiger partial charge in [-0.15, -0.1) is 0 Å². The van der Waals surface area contributed by atoms with Crippen molar-refractivity contribution in [3.05, 3.63) is 29.8 Å². The van der Waals surface area contributed by atoms with Crippen LogP contribution in [0.15, 0.2) is 29.2 Å². The molecule has 0 radical (unpaired) electrons. The molecule has 102 valence electrons. The molecular weight excluding hydrogens is 270 g/mol. The Morgan fingerprint density at radius 1 is 1.32 bits per heavy atom. The molecule has 0 atom stereocenters. The number of rotatable bonds is 3. The van der Waals surface area contributed by atoms with E-state index in [1.807, 2.05) is 0 Å². The zero-order valence-electron chi connectivity index (χ0n) is 10.5. The number of nitrogens with zero attached hydrogens (tertiary/aromatic N) is 1. The summed E-state index contributed by atoms with van der Waals surface area (Å²) in [6, 6.07) is 5.85. The van der Waals surface area contributed by atoms with Crippen molar-refractivity contribution in [2.45, 2.75) is 18.7 Å². The second kappa shape index (κ2) is 4.06. The maximum absolute atomic E-state index is 12.2. The van der Waals surface area contributed by atoms with Crippen molar-refractivity contribution < 1.29 is 23.1 Å². The quantitative estimate of drug-likeness (QED) is 0.891. The molecule has 1 aliphatic heterocycles. The van der Waals surface area contributed by atoms with Crippen molar-refractivity contribution in [2.75, 3.05) is 6.54 Å². The van der Waals surface area contributed by atoms with Gasteiger partial charge in [-0.25, -0.2) is 12.7 Å². The lowest BCUT2D eigenvalue weighted by Gasteiger charge is -2.25. The van der Waals surface area contributed by atoms with Crippen LogP contribution >= 0.6 is 0 Å². The number of carbonyl (C=O) groups is 2. The fourth-order valence-corrected chi connectivity index (χ4v) is 3.54. The Kier molecular flexibility index (Phi) is 2.89. The van der Waals surface area contributed by atoms with Gasteiger partial charge in [-0.1, -0.05) is 12.1 Å². The Morgan fingerprint density at radius 3 is 2.42 bits per heavy atom.